The Hall–Kier alpha value is -1.69. The van der Waals surface area contributed by atoms with Crippen molar-refractivity contribution in [1.82, 2.24) is 0 Å². The molecule has 1 nitrogen and oxygen atoms in total. The molecule has 2 aromatic rings. The largest absolute Gasteiger partial charge is 0.487 e. The molecule has 4 heteroatoms. The van der Waals surface area contributed by atoms with Crippen LogP contribution in [0.5, 0.6) is 5.75 Å². The molecule has 2 rings (SSSR count). The second-order valence-electron chi connectivity index (χ2n) is 3.96. The maximum Gasteiger partial charge on any atom is 0.138 e. The summed E-state index contributed by atoms with van der Waals surface area (Å²) in [5.41, 5.74) is 1.42. The van der Waals surface area contributed by atoms with E-state index in [1.807, 2.05) is 18.2 Å². The lowest BCUT2D eigenvalue weighted by molar-refractivity contribution is 0.304. The van der Waals surface area contributed by atoms with E-state index < -0.39 is 0 Å². The van der Waals surface area contributed by atoms with Crippen molar-refractivity contribution in [1.29, 1.82) is 0 Å². The van der Waals surface area contributed by atoms with Crippen molar-refractivity contribution in [3.8, 4) is 17.6 Å². The average molecular weight is 309 g/mol. The zero-order chi connectivity index (χ0) is 14.4. The monoisotopic (exact) mass is 308 g/mol. The smallest absolute Gasteiger partial charge is 0.138 e. The van der Waals surface area contributed by atoms with Crippen molar-refractivity contribution >= 4 is 23.2 Å². The third-order valence-electron chi connectivity index (χ3n) is 2.57. The highest BCUT2D eigenvalue weighted by atomic mass is 35.5. The first kappa shape index (κ1) is 14.7. The molecule has 0 atom stereocenters. The Morgan fingerprint density at radius 2 is 1.95 bits per heavy atom. The number of rotatable bonds is 3. The Balaban J connectivity index is 2.20. The predicted molar refractivity (Wildman–Crippen MR) is 79.8 cm³/mol. The number of halogens is 3. The fourth-order valence-corrected chi connectivity index (χ4v) is 1.88. The molecule has 2 aromatic carbocycles. The van der Waals surface area contributed by atoms with E-state index in [4.69, 9.17) is 27.9 Å². The van der Waals surface area contributed by atoms with Crippen LogP contribution in [0.2, 0.25) is 5.02 Å². The molecule has 0 aromatic heterocycles. The van der Waals surface area contributed by atoms with Gasteiger partial charge in [-0.15, -0.1) is 11.6 Å². The van der Waals surface area contributed by atoms with E-state index in [9.17, 15) is 4.39 Å². The third kappa shape index (κ3) is 3.90. The lowest BCUT2D eigenvalue weighted by Gasteiger charge is -2.09. The molecular formula is C16H11Cl2FO. The molecule has 0 spiro atoms. The van der Waals surface area contributed by atoms with Crippen molar-refractivity contribution in [2.75, 3.05) is 5.88 Å². The number of hydrogen-bond acceptors (Lipinski definition) is 1. The minimum Gasteiger partial charge on any atom is -0.487 e. The summed E-state index contributed by atoms with van der Waals surface area (Å²) in [5.74, 6) is 5.76. The van der Waals surface area contributed by atoms with Crippen LogP contribution in [0.3, 0.4) is 0 Å². The van der Waals surface area contributed by atoms with Gasteiger partial charge in [-0.3, -0.25) is 0 Å². The van der Waals surface area contributed by atoms with Gasteiger partial charge in [0.15, 0.2) is 0 Å². The van der Waals surface area contributed by atoms with Gasteiger partial charge in [0.05, 0.1) is 11.4 Å². The first-order valence-electron chi connectivity index (χ1n) is 5.91. The lowest BCUT2D eigenvalue weighted by Crippen LogP contribution is -1.98. The van der Waals surface area contributed by atoms with Gasteiger partial charge in [0.25, 0.3) is 0 Å². The molecule has 0 aliphatic rings. The zero-order valence-corrected chi connectivity index (χ0v) is 12.0. The molecule has 0 aliphatic carbocycles. The molecule has 0 aliphatic heterocycles. The van der Waals surface area contributed by atoms with Gasteiger partial charge in [-0.05, 0) is 18.2 Å². The van der Waals surface area contributed by atoms with Crippen molar-refractivity contribution < 1.29 is 9.13 Å². The van der Waals surface area contributed by atoms with Gasteiger partial charge in [0.2, 0.25) is 0 Å². The van der Waals surface area contributed by atoms with Crippen LogP contribution in [-0.4, -0.2) is 5.88 Å². The first-order chi connectivity index (χ1) is 9.70. The van der Waals surface area contributed by atoms with Crippen molar-refractivity contribution in [3.05, 3.63) is 64.4 Å². The van der Waals surface area contributed by atoms with Crippen molar-refractivity contribution in [3.63, 3.8) is 0 Å². The second-order valence-corrected chi connectivity index (χ2v) is 4.63. The fourth-order valence-electron chi connectivity index (χ4n) is 1.62. The molecule has 0 saturated carbocycles. The van der Waals surface area contributed by atoms with Crippen LogP contribution in [0.1, 0.15) is 11.1 Å². The average Bonchev–Trinajstić information content (AvgIpc) is 2.45. The van der Waals surface area contributed by atoms with Gasteiger partial charge >= 0.3 is 0 Å². The van der Waals surface area contributed by atoms with E-state index in [0.717, 1.165) is 5.56 Å². The van der Waals surface area contributed by atoms with Crippen molar-refractivity contribution in [2.45, 2.75) is 6.61 Å². The summed E-state index contributed by atoms with van der Waals surface area (Å²) in [4.78, 5) is 0. The molecule has 0 N–H and O–H groups in total. The normalized spacial score (nSPS) is 9.75. The van der Waals surface area contributed by atoms with E-state index in [1.165, 1.54) is 12.1 Å². The van der Waals surface area contributed by atoms with Crippen LogP contribution < -0.4 is 4.74 Å². The van der Waals surface area contributed by atoms with Gasteiger partial charge in [-0.2, -0.15) is 0 Å². The molecule has 0 fully saturated rings. The maximum absolute atomic E-state index is 13.3. The molecule has 102 valence electrons. The lowest BCUT2D eigenvalue weighted by atomic mass is 10.2. The number of ether oxygens (including phenoxy) is 1. The Bertz CT molecular complexity index is 659. The Morgan fingerprint density at radius 1 is 1.15 bits per heavy atom. The maximum atomic E-state index is 13.3. The highest BCUT2D eigenvalue weighted by Gasteiger charge is 2.05. The summed E-state index contributed by atoms with van der Waals surface area (Å²) in [7, 11) is 0. The SMILES string of the molecule is Fc1ccc(C#CCCl)c(OCc2ccccc2Cl)c1. The molecule has 0 saturated heterocycles. The Morgan fingerprint density at radius 3 is 2.70 bits per heavy atom. The number of benzene rings is 2. The van der Waals surface area contributed by atoms with Gasteiger partial charge in [-0.25, -0.2) is 4.39 Å². The minimum absolute atomic E-state index is 0.210. The highest BCUT2D eigenvalue weighted by Crippen LogP contribution is 2.22. The van der Waals surface area contributed by atoms with Crippen LogP contribution in [0.25, 0.3) is 0 Å². The molecule has 0 amide bonds. The van der Waals surface area contributed by atoms with Gasteiger partial charge in [0, 0.05) is 16.7 Å². The molecule has 20 heavy (non-hydrogen) atoms. The zero-order valence-electron chi connectivity index (χ0n) is 10.5. The third-order valence-corrected chi connectivity index (χ3v) is 3.08. The number of alkyl halides is 1. The summed E-state index contributed by atoms with van der Waals surface area (Å²) < 4.78 is 18.9. The van der Waals surface area contributed by atoms with Gasteiger partial charge in [-0.1, -0.05) is 41.6 Å². The van der Waals surface area contributed by atoms with E-state index in [0.29, 0.717) is 16.3 Å². The minimum atomic E-state index is -0.379. The highest BCUT2D eigenvalue weighted by molar-refractivity contribution is 6.31. The van der Waals surface area contributed by atoms with Gasteiger partial charge < -0.3 is 4.74 Å². The number of hydrogen-bond donors (Lipinski definition) is 0. The second kappa shape index (κ2) is 7.19. The van der Waals surface area contributed by atoms with Crippen LogP contribution in [0, 0.1) is 17.7 Å². The summed E-state index contributed by atoms with van der Waals surface area (Å²) in [6.45, 7) is 0.249. The first-order valence-corrected chi connectivity index (χ1v) is 6.82. The van der Waals surface area contributed by atoms with Crippen LogP contribution >= 0.6 is 23.2 Å². The standard InChI is InChI=1S/C16H11Cl2FO/c17-9-3-5-12-7-8-14(19)10-16(12)20-11-13-4-1-2-6-15(13)18/h1-2,4,6-8,10H,9,11H2. The topological polar surface area (TPSA) is 9.23 Å². The summed E-state index contributed by atoms with van der Waals surface area (Å²) >= 11 is 11.6. The van der Waals surface area contributed by atoms with E-state index in [-0.39, 0.29) is 18.3 Å². The fraction of sp³-hybridized carbons (Fsp3) is 0.125. The van der Waals surface area contributed by atoms with Gasteiger partial charge in [0.1, 0.15) is 18.2 Å². The Labute approximate surface area is 127 Å². The Kier molecular flexibility index (Phi) is 5.29. The summed E-state index contributed by atoms with van der Waals surface area (Å²) in [5, 5.41) is 0.609. The molecule has 0 radical (unpaired) electrons. The van der Waals surface area contributed by atoms with Crippen molar-refractivity contribution in [2.24, 2.45) is 0 Å². The summed E-state index contributed by atoms with van der Waals surface area (Å²) in [6, 6.07) is 11.5. The van der Waals surface area contributed by atoms with Crippen LogP contribution in [0.15, 0.2) is 42.5 Å². The van der Waals surface area contributed by atoms with Crippen LogP contribution in [0.4, 0.5) is 4.39 Å². The van der Waals surface area contributed by atoms with E-state index >= 15 is 0 Å². The summed E-state index contributed by atoms with van der Waals surface area (Å²) in [6.07, 6.45) is 0. The van der Waals surface area contributed by atoms with E-state index in [1.54, 1.807) is 12.1 Å². The predicted octanol–water partition coefficient (Wildman–Crippen LogP) is 4.65. The molecule has 0 bridgehead atoms. The molecule has 0 heterocycles. The molecule has 0 unspecified atom stereocenters. The molecular weight excluding hydrogens is 298 g/mol. The van der Waals surface area contributed by atoms with Crippen LogP contribution in [-0.2, 0) is 6.61 Å². The quantitative estimate of drug-likeness (QED) is 0.592. The van der Waals surface area contributed by atoms with E-state index in [2.05, 4.69) is 11.8 Å².